The van der Waals surface area contributed by atoms with E-state index in [1.807, 2.05) is 24.9 Å². The molecule has 0 saturated heterocycles. The Labute approximate surface area is 104 Å². The number of ether oxygens (including phenoxy) is 1. The molecule has 1 heterocycles. The van der Waals surface area contributed by atoms with Crippen molar-refractivity contribution < 1.29 is 9.53 Å². The summed E-state index contributed by atoms with van der Waals surface area (Å²) in [5, 5.41) is 9.77. The fourth-order valence-electron chi connectivity index (χ4n) is 1.30. The molecule has 0 unspecified atom stereocenters. The van der Waals surface area contributed by atoms with Crippen LogP contribution in [-0.4, -0.2) is 26.2 Å². The summed E-state index contributed by atoms with van der Waals surface area (Å²) < 4.78 is 4.90. The molecule has 0 spiro atoms. The summed E-state index contributed by atoms with van der Waals surface area (Å²) in [6, 6.07) is 2.03. The van der Waals surface area contributed by atoms with Crippen LogP contribution in [0.3, 0.4) is 0 Å². The van der Waals surface area contributed by atoms with Crippen LogP contribution in [0.15, 0.2) is 0 Å². The standard InChI is InChI=1S/C11H15N3O2S/c1-4-14(3)10-7(6-12)8(13)9(17-10)11(15)16-5-2/h4-5,13H2,1-3H3. The third-order valence-electron chi connectivity index (χ3n) is 2.32. The monoisotopic (exact) mass is 253 g/mol. The minimum Gasteiger partial charge on any atom is -0.462 e. The van der Waals surface area contributed by atoms with Crippen LogP contribution in [0.25, 0.3) is 0 Å². The van der Waals surface area contributed by atoms with Crippen LogP contribution in [0, 0.1) is 11.3 Å². The Morgan fingerprint density at radius 3 is 2.71 bits per heavy atom. The molecule has 0 aliphatic carbocycles. The van der Waals surface area contributed by atoms with Gasteiger partial charge < -0.3 is 15.4 Å². The second-order valence-corrected chi connectivity index (χ2v) is 4.37. The summed E-state index contributed by atoms with van der Waals surface area (Å²) >= 11 is 1.20. The highest BCUT2D eigenvalue weighted by Crippen LogP contribution is 2.37. The zero-order chi connectivity index (χ0) is 13.0. The van der Waals surface area contributed by atoms with E-state index in [1.165, 1.54) is 11.3 Å². The summed E-state index contributed by atoms with van der Waals surface area (Å²) in [4.78, 5) is 13.8. The Morgan fingerprint density at radius 2 is 2.24 bits per heavy atom. The van der Waals surface area contributed by atoms with E-state index in [2.05, 4.69) is 0 Å². The number of nitrogens with zero attached hydrogens (tertiary/aromatic N) is 2. The number of nitrogen functional groups attached to an aromatic ring is 1. The fraction of sp³-hybridized carbons (Fsp3) is 0.455. The Hall–Kier alpha value is -1.74. The molecule has 0 saturated carbocycles. The van der Waals surface area contributed by atoms with Crippen molar-refractivity contribution in [1.82, 2.24) is 0 Å². The maximum Gasteiger partial charge on any atom is 0.350 e. The van der Waals surface area contributed by atoms with Gasteiger partial charge in [-0.1, -0.05) is 0 Å². The van der Waals surface area contributed by atoms with Crippen LogP contribution in [0.2, 0.25) is 0 Å². The van der Waals surface area contributed by atoms with Crippen LogP contribution < -0.4 is 10.6 Å². The van der Waals surface area contributed by atoms with Gasteiger partial charge in [0.1, 0.15) is 21.5 Å². The van der Waals surface area contributed by atoms with E-state index in [0.717, 1.165) is 6.54 Å². The highest BCUT2D eigenvalue weighted by atomic mass is 32.1. The van der Waals surface area contributed by atoms with E-state index in [4.69, 9.17) is 15.7 Å². The summed E-state index contributed by atoms with van der Waals surface area (Å²) in [5.74, 6) is -0.470. The molecular formula is C11H15N3O2S. The zero-order valence-electron chi connectivity index (χ0n) is 10.1. The number of carbonyl (C=O) groups is 1. The largest absolute Gasteiger partial charge is 0.462 e. The third-order valence-corrected chi connectivity index (χ3v) is 3.62. The molecule has 0 radical (unpaired) electrons. The molecule has 0 aliphatic heterocycles. The normalized spacial score (nSPS) is 9.76. The number of thiophene rings is 1. The predicted molar refractivity (Wildman–Crippen MR) is 68.3 cm³/mol. The van der Waals surface area contributed by atoms with Crippen molar-refractivity contribution in [3.8, 4) is 6.07 Å². The first-order valence-corrected chi connectivity index (χ1v) is 6.09. The smallest absolute Gasteiger partial charge is 0.350 e. The SMILES string of the molecule is CCOC(=O)c1sc(N(C)CC)c(C#N)c1N. The van der Waals surface area contributed by atoms with Crippen molar-refractivity contribution in [1.29, 1.82) is 5.26 Å². The molecular weight excluding hydrogens is 238 g/mol. The molecule has 6 heteroatoms. The van der Waals surface area contributed by atoms with Crippen molar-refractivity contribution in [3.63, 3.8) is 0 Å². The molecule has 17 heavy (non-hydrogen) atoms. The minimum atomic E-state index is -0.470. The number of hydrogen-bond donors (Lipinski definition) is 1. The molecule has 1 aromatic rings. The van der Waals surface area contributed by atoms with Gasteiger partial charge in [-0.25, -0.2) is 4.79 Å². The van der Waals surface area contributed by atoms with Gasteiger partial charge in [0.15, 0.2) is 0 Å². The van der Waals surface area contributed by atoms with E-state index in [1.54, 1.807) is 6.92 Å². The number of rotatable bonds is 4. The molecule has 5 nitrogen and oxygen atoms in total. The van der Waals surface area contributed by atoms with E-state index >= 15 is 0 Å². The van der Waals surface area contributed by atoms with Crippen molar-refractivity contribution >= 4 is 28.0 Å². The summed E-state index contributed by atoms with van der Waals surface area (Å²) in [6.07, 6.45) is 0. The molecule has 1 aromatic heterocycles. The van der Waals surface area contributed by atoms with Gasteiger partial charge in [0.05, 0.1) is 12.3 Å². The zero-order valence-corrected chi connectivity index (χ0v) is 10.9. The molecule has 0 bridgehead atoms. The summed E-state index contributed by atoms with van der Waals surface area (Å²) in [7, 11) is 1.85. The topological polar surface area (TPSA) is 79.3 Å². The number of nitriles is 1. The van der Waals surface area contributed by atoms with Gasteiger partial charge >= 0.3 is 5.97 Å². The van der Waals surface area contributed by atoms with Crippen LogP contribution in [0.5, 0.6) is 0 Å². The molecule has 0 aromatic carbocycles. The Kier molecular flexibility index (Phi) is 4.35. The lowest BCUT2D eigenvalue weighted by Crippen LogP contribution is -2.15. The number of hydrogen-bond acceptors (Lipinski definition) is 6. The lowest BCUT2D eigenvalue weighted by Gasteiger charge is -2.13. The highest BCUT2D eigenvalue weighted by Gasteiger charge is 2.23. The lowest BCUT2D eigenvalue weighted by atomic mass is 10.2. The molecule has 0 atom stereocenters. The van der Waals surface area contributed by atoms with Crippen LogP contribution >= 0.6 is 11.3 Å². The van der Waals surface area contributed by atoms with E-state index in [9.17, 15) is 4.79 Å². The first-order valence-electron chi connectivity index (χ1n) is 5.27. The third kappa shape index (κ3) is 2.50. The second-order valence-electron chi connectivity index (χ2n) is 3.37. The van der Waals surface area contributed by atoms with Gasteiger partial charge in [0.2, 0.25) is 0 Å². The van der Waals surface area contributed by atoms with E-state index in [0.29, 0.717) is 15.4 Å². The maximum atomic E-state index is 11.6. The maximum absolute atomic E-state index is 11.6. The predicted octanol–water partition coefficient (Wildman–Crippen LogP) is 1.83. The van der Waals surface area contributed by atoms with Crippen LogP contribution in [0.4, 0.5) is 10.7 Å². The molecule has 0 aliphatic rings. The van der Waals surface area contributed by atoms with E-state index < -0.39 is 5.97 Å². The van der Waals surface area contributed by atoms with Crippen molar-refractivity contribution in [2.45, 2.75) is 13.8 Å². The summed E-state index contributed by atoms with van der Waals surface area (Å²) in [5.41, 5.74) is 6.36. The Balaban J connectivity index is 3.23. The lowest BCUT2D eigenvalue weighted by molar-refractivity contribution is 0.0533. The van der Waals surface area contributed by atoms with Gasteiger partial charge in [-0.15, -0.1) is 11.3 Å². The second kappa shape index (κ2) is 5.55. The Morgan fingerprint density at radius 1 is 1.59 bits per heavy atom. The number of carbonyl (C=O) groups excluding carboxylic acids is 1. The molecule has 92 valence electrons. The highest BCUT2D eigenvalue weighted by molar-refractivity contribution is 7.18. The van der Waals surface area contributed by atoms with Gasteiger partial charge in [-0.05, 0) is 13.8 Å². The molecule has 0 fully saturated rings. The quantitative estimate of drug-likeness (QED) is 0.828. The van der Waals surface area contributed by atoms with Gasteiger partial charge in [-0.3, -0.25) is 0 Å². The minimum absolute atomic E-state index is 0.214. The van der Waals surface area contributed by atoms with E-state index in [-0.39, 0.29) is 12.3 Å². The molecule has 2 N–H and O–H groups in total. The first-order chi connectivity index (χ1) is 8.06. The van der Waals surface area contributed by atoms with Gasteiger partial charge in [0, 0.05) is 13.6 Å². The average molecular weight is 253 g/mol. The summed E-state index contributed by atoms with van der Waals surface area (Å²) in [6.45, 7) is 4.71. The number of anilines is 2. The van der Waals surface area contributed by atoms with Crippen molar-refractivity contribution in [2.75, 3.05) is 30.8 Å². The average Bonchev–Trinajstić information content (AvgIpc) is 2.65. The molecule has 1 rings (SSSR count). The number of esters is 1. The van der Waals surface area contributed by atoms with Crippen molar-refractivity contribution in [2.24, 2.45) is 0 Å². The van der Waals surface area contributed by atoms with Crippen LogP contribution in [-0.2, 0) is 4.74 Å². The van der Waals surface area contributed by atoms with Gasteiger partial charge in [-0.2, -0.15) is 5.26 Å². The Bertz CT molecular complexity index is 462. The first kappa shape index (κ1) is 13.3. The number of nitrogens with two attached hydrogens (primary N) is 1. The van der Waals surface area contributed by atoms with Crippen molar-refractivity contribution in [3.05, 3.63) is 10.4 Å². The molecule has 0 amide bonds. The van der Waals surface area contributed by atoms with Crippen LogP contribution in [0.1, 0.15) is 29.1 Å². The van der Waals surface area contributed by atoms with Gasteiger partial charge in [0.25, 0.3) is 0 Å². The fourth-order valence-corrected chi connectivity index (χ4v) is 2.39.